The van der Waals surface area contributed by atoms with Crippen LogP contribution in [0.4, 0.5) is 5.69 Å². The van der Waals surface area contributed by atoms with Gasteiger partial charge in [0.15, 0.2) is 6.61 Å². The van der Waals surface area contributed by atoms with E-state index in [1.54, 1.807) is 48.5 Å². The average Bonchev–Trinajstić information content (AvgIpc) is 3.44. The molecule has 7 heteroatoms. The first-order chi connectivity index (χ1) is 17.0. The van der Waals surface area contributed by atoms with Crippen LogP contribution in [0.3, 0.4) is 0 Å². The van der Waals surface area contributed by atoms with E-state index < -0.39 is 18.5 Å². The number of hydrogen-bond acceptors (Lipinski definition) is 5. The number of esters is 1. The first-order valence-electron chi connectivity index (χ1n) is 11.0. The zero-order chi connectivity index (χ0) is 24.6. The molecule has 176 valence electrons. The van der Waals surface area contributed by atoms with Crippen LogP contribution < -0.4 is 10.2 Å². The lowest BCUT2D eigenvalue weighted by Gasteiger charge is -2.20. The van der Waals surface area contributed by atoms with Gasteiger partial charge >= 0.3 is 5.97 Å². The third kappa shape index (κ3) is 5.65. The third-order valence-electron chi connectivity index (χ3n) is 5.45. The Kier molecular flexibility index (Phi) is 7.37. The molecule has 0 aliphatic heterocycles. The van der Waals surface area contributed by atoms with Crippen molar-refractivity contribution in [3.8, 4) is 11.1 Å². The Morgan fingerprint density at radius 2 is 1.51 bits per heavy atom. The van der Waals surface area contributed by atoms with Crippen LogP contribution in [0.15, 0.2) is 102 Å². The van der Waals surface area contributed by atoms with Crippen molar-refractivity contribution in [2.24, 2.45) is 0 Å². The number of likely N-dealkylation sites (N-methyl/N-ethyl adjacent to an activating group) is 1. The predicted octanol–water partition coefficient (Wildman–Crippen LogP) is 4.70. The van der Waals surface area contributed by atoms with Gasteiger partial charge in [0, 0.05) is 7.05 Å². The van der Waals surface area contributed by atoms with E-state index in [0.29, 0.717) is 22.6 Å². The molecule has 0 saturated heterocycles. The van der Waals surface area contributed by atoms with Crippen LogP contribution in [-0.2, 0) is 16.1 Å². The van der Waals surface area contributed by atoms with Crippen molar-refractivity contribution in [3.63, 3.8) is 0 Å². The number of hydrogen-bond donors (Lipinski definition) is 1. The minimum absolute atomic E-state index is 0.219. The summed E-state index contributed by atoms with van der Waals surface area (Å²) >= 11 is 0. The lowest BCUT2D eigenvalue weighted by molar-refractivity contribution is -0.121. The summed E-state index contributed by atoms with van der Waals surface area (Å²) in [5, 5.41) is 2.77. The molecule has 0 saturated carbocycles. The zero-order valence-corrected chi connectivity index (χ0v) is 19.1. The van der Waals surface area contributed by atoms with Crippen LogP contribution >= 0.6 is 0 Å². The summed E-state index contributed by atoms with van der Waals surface area (Å²) in [5.74, 6) is -0.814. The number of furan rings is 1. The molecule has 1 heterocycles. The molecule has 2 amide bonds. The van der Waals surface area contributed by atoms with Gasteiger partial charge in [-0.1, -0.05) is 60.7 Å². The van der Waals surface area contributed by atoms with E-state index in [9.17, 15) is 14.4 Å². The maximum absolute atomic E-state index is 12.9. The number of para-hydroxylation sites is 1. The highest BCUT2D eigenvalue weighted by Crippen LogP contribution is 2.24. The standard InChI is InChI=1S/C28H24N2O5/c1-30(25-16-8-7-15-24(25)27(32)29-18-21-12-9-17-34-21)26(31)19-35-28(33)23-14-6-5-13-22(23)20-10-3-2-4-11-20/h2-17H,18-19H2,1H3,(H,29,32). The summed E-state index contributed by atoms with van der Waals surface area (Å²) in [6.45, 7) is -0.253. The molecule has 4 aromatic rings. The van der Waals surface area contributed by atoms with Crippen LogP contribution in [0.25, 0.3) is 11.1 Å². The Morgan fingerprint density at radius 1 is 0.829 bits per heavy atom. The number of benzene rings is 3. The molecule has 35 heavy (non-hydrogen) atoms. The first kappa shape index (κ1) is 23.5. The second kappa shape index (κ2) is 11.0. The summed E-state index contributed by atoms with van der Waals surface area (Å²) < 4.78 is 10.6. The molecule has 7 nitrogen and oxygen atoms in total. The maximum Gasteiger partial charge on any atom is 0.339 e. The summed E-state index contributed by atoms with van der Waals surface area (Å²) in [7, 11) is 1.53. The van der Waals surface area contributed by atoms with Crippen molar-refractivity contribution in [2.45, 2.75) is 6.54 Å². The van der Waals surface area contributed by atoms with Gasteiger partial charge in [-0.2, -0.15) is 0 Å². The minimum atomic E-state index is -0.601. The Labute approximate surface area is 202 Å². The molecule has 0 unspecified atom stereocenters. The molecule has 0 aliphatic carbocycles. The lowest BCUT2D eigenvalue weighted by Crippen LogP contribution is -2.33. The Balaban J connectivity index is 1.43. The number of carbonyl (C=O) groups is 3. The van der Waals surface area contributed by atoms with Crippen LogP contribution in [0.1, 0.15) is 26.5 Å². The Morgan fingerprint density at radius 3 is 2.26 bits per heavy atom. The fourth-order valence-corrected chi connectivity index (χ4v) is 3.60. The number of rotatable bonds is 8. The van der Waals surface area contributed by atoms with Gasteiger partial charge < -0.3 is 19.4 Å². The van der Waals surface area contributed by atoms with E-state index in [4.69, 9.17) is 9.15 Å². The molecule has 4 rings (SSSR count). The van der Waals surface area contributed by atoms with E-state index >= 15 is 0 Å². The van der Waals surface area contributed by atoms with E-state index in [1.165, 1.54) is 18.2 Å². The van der Waals surface area contributed by atoms with Crippen molar-refractivity contribution >= 4 is 23.5 Å². The van der Waals surface area contributed by atoms with Crippen LogP contribution in [0.5, 0.6) is 0 Å². The molecule has 0 atom stereocenters. The second-order valence-corrected chi connectivity index (χ2v) is 7.72. The van der Waals surface area contributed by atoms with Gasteiger partial charge in [-0.05, 0) is 41.5 Å². The Bertz CT molecular complexity index is 1320. The van der Waals surface area contributed by atoms with E-state index in [1.807, 2.05) is 42.5 Å². The van der Waals surface area contributed by atoms with Crippen molar-refractivity contribution in [1.29, 1.82) is 0 Å². The van der Waals surface area contributed by atoms with Crippen molar-refractivity contribution in [3.05, 3.63) is 114 Å². The number of ether oxygens (including phenoxy) is 1. The molecule has 0 radical (unpaired) electrons. The average molecular weight is 469 g/mol. The fraction of sp³-hybridized carbons (Fsp3) is 0.107. The molecule has 0 bridgehead atoms. The predicted molar refractivity (Wildman–Crippen MR) is 132 cm³/mol. The summed E-state index contributed by atoms with van der Waals surface area (Å²) in [6, 6.07) is 26.8. The highest BCUT2D eigenvalue weighted by Gasteiger charge is 2.21. The van der Waals surface area contributed by atoms with Gasteiger partial charge in [-0.3, -0.25) is 9.59 Å². The van der Waals surface area contributed by atoms with Gasteiger partial charge in [0.05, 0.1) is 29.6 Å². The monoisotopic (exact) mass is 468 g/mol. The van der Waals surface area contributed by atoms with Gasteiger partial charge in [-0.25, -0.2) is 4.79 Å². The SMILES string of the molecule is CN(C(=O)COC(=O)c1ccccc1-c1ccccc1)c1ccccc1C(=O)NCc1ccco1. The molecular formula is C28H24N2O5. The molecule has 0 spiro atoms. The van der Waals surface area contributed by atoms with Crippen LogP contribution in [-0.4, -0.2) is 31.4 Å². The maximum atomic E-state index is 12.9. The Hall–Kier alpha value is -4.65. The fourth-order valence-electron chi connectivity index (χ4n) is 3.60. The third-order valence-corrected chi connectivity index (χ3v) is 5.45. The van der Waals surface area contributed by atoms with Crippen molar-refractivity contribution in [2.75, 3.05) is 18.6 Å². The van der Waals surface area contributed by atoms with Crippen molar-refractivity contribution in [1.82, 2.24) is 5.32 Å². The molecular weight excluding hydrogens is 444 g/mol. The largest absolute Gasteiger partial charge is 0.467 e. The summed E-state index contributed by atoms with van der Waals surface area (Å²) in [5.41, 5.74) is 2.67. The lowest BCUT2D eigenvalue weighted by atomic mass is 10.00. The summed E-state index contributed by atoms with van der Waals surface area (Å²) in [6.07, 6.45) is 1.53. The molecule has 3 aromatic carbocycles. The van der Waals surface area contributed by atoms with E-state index in [-0.39, 0.29) is 12.5 Å². The minimum Gasteiger partial charge on any atom is -0.467 e. The second-order valence-electron chi connectivity index (χ2n) is 7.72. The first-order valence-corrected chi connectivity index (χ1v) is 11.0. The smallest absolute Gasteiger partial charge is 0.339 e. The van der Waals surface area contributed by atoms with Crippen LogP contribution in [0, 0.1) is 0 Å². The van der Waals surface area contributed by atoms with Gasteiger partial charge in [0.25, 0.3) is 11.8 Å². The van der Waals surface area contributed by atoms with Crippen LogP contribution in [0.2, 0.25) is 0 Å². The normalized spacial score (nSPS) is 10.4. The number of amides is 2. The number of carbonyl (C=O) groups excluding carboxylic acids is 3. The van der Waals surface area contributed by atoms with Gasteiger partial charge in [0.2, 0.25) is 0 Å². The molecule has 0 aliphatic rings. The molecule has 0 fully saturated rings. The number of anilines is 1. The topological polar surface area (TPSA) is 88.8 Å². The highest BCUT2D eigenvalue weighted by atomic mass is 16.5. The van der Waals surface area contributed by atoms with E-state index in [0.717, 1.165) is 11.1 Å². The zero-order valence-electron chi connectivity index (χ0n) is 19.1. The molecule has 1 aromatic heterocycles. The number of nitrogens with zero attached hydrogens (tertiary/aromatic N) is 1. The quantitative estimate of drug-likeness (QED) is 0.379. The molecule has 1 N–H and O–H groups in total. The number of nitrogens with one attached hydrogen (secondary N) is 1. The highest BCUT2D eigenvalue weighted by molar-refractivity contribution is 6.05. The summed E-state index contributed by atoms with van der Waals surface area (Å²) in [4.78, 5) is 39.7. The van der Waals surface area contributed by atoms with Crippen molar-refractivity contribution < 1.29 is 23.5 Å². The van der Waals surface area contributed by atoms with E-state index in [2.05, 4.69) is 5.32 Å². The van der Waals surface area contributed by atoms with Gasteiger partial charge in [-0.15, -0.1) is 0 Å². The van der Waals surface area contributed by atoms with Gasteiger partial charge in [0.1, 0.15) is 5.76 Å².